The highest BCUT2D eigenvalue weighted by atomic mass is 17.2. The van der Waals surface area contributed by atoms with Crippen LogP contribution in [0.25, 0.3) is 0 Å². The molecule has 48 heavy (non-hydrogen) atoms. The summed E-state index contributed by atoms with van der Waals surface area (Å²) in [4.78, 5) is 25.7. The van der Waals surface area contributed by atoms with Gasteiger partial charge in [-0.3, -0.25) is 4.79 Å². The van der Waals surface area contributed by atoms with Crippen molar-refractivity contribution < 1.29 is 19.3 Å². The lowest BCUT2D eigenvalue weighted by Gasteiger charge is -2.63. The molecule has 4 aliphatic carbocycles. The summed E-state index contributed by atoms with van der Waals surface area (Å²) in [5.41, 5.74) is 13.6. The van der Waals surface area contributed by atoms with Crippen molar-refractivity contribution in [3.05, 3.63) is 48.5 Å². The van der Waals surface area contributed by atoms with Gasteiger partial charge in [-0.25, -0.2) is 0 Å². The third-order valence-corrected chi connectivity index (χ3v) is 14.0. The number of unbranched alkanes of at least 4 members (excludes halogenated alkanes) is 1. The van der Waals surface area contributed by atoms with Gasteiger partial charge in [0, 0.05) is 11.4 Å². The lowest BCUT2D eigenvalue weighted by molar-refractivity contribution is -0.226. The van der Waals surface area contributed by atoms with Crippen LogP contribution in [0.4, 0.5) is 11.4 Å². The predicted molar refractivity (Wildman–Crippen MR) is 194 cm³/mol. The van der Waals surface area contributed by atoms with E-state index >= 15 is 0 Å². The van der Waals surface area contributed by atoms with E-state index in [9.17, 15) is 4.79 Å². The summed E-state index contributed by atoms with van der Waals surface area (Å²) in [5.74, 6) is 5.95. The third kappa shape index (κ3) is 7.25. The molecule has 6 heteroatoms. The second-order valence-corrected chi connectivity index (χ2v) is 17.3. The van der Waals surface area contributed by atoms with E-state index in [1.807, 2.05) is 48.5 Å². The molecule has 0 aliphatic heterocycles. The summed E-state index contributed by atoms with van der Waals surface area (Å²) in [5, 5.41) is 0. The zero-order chi connectivity index (χ0) is 34.1. The first-order valence-electron chi connectivity index (χ1n) is 19.2. The van der Waals surface area contributed by atoms with Crippen LogP contribution in [0, 0.1) is 64.1 Å². The van der Waals surface area contributed by atoms with Gasteiger partial charge >= 0.3 is 5.97 Å². The van der Waals surface area contributed by atoms with Crippen molar-refractivity contribution >= 4 is 17.3 Å². The first-order chi connectivity index (χ1) is 23.0. The van der Waals surface area contributed by atoms with Gasteiger partial charge in [0.1, 0.15) is 5.75 Å². The summed E-state index contributed by atoms with van der Waals surface area (Å²) in [7, 11) is 0. The molecule has 4 N–H and O–H groups in total. The van der Waals surface area contributed by atoms with Crippen molar-refractivity contribution in [3.8, 4) is 11.5 Å². The molecule has 4 saturated carbocycles. The Morgan fingerprint density at radius 3 is 2.08 bits per heavy atom. The lowest BCUT2D eigenvalue weighted by Crippen LogP contribution is -2.58. The van der Waals surface area contributed by atoms with E-state index in [-0.39, 0.29) is 23.2 Å². The number of nitrogens with two attached hydrogens (primary N) is 2. The topological polar surface area (TPSA) is 96.8 Å². The summed E-state index contributed by atoms with van der Waals surface area (Å²) >= 11 is 0. The predicted octanol–water partition coefficient (Wildman–Crippen LogP) is 10.1. The SMILES string of the molecule is CC(C)CCCCC(C)C1CCC2C3CC(C(=O)Oc4ccc(N)cc4)C4CC(COOc5ccc(N)cc5)CCC4(C)C3CCC12C. The van der Waals surface area contributed by atoms with Crippen molar-refractivity contribution in [1.29, 1.82) is 0 Å². The fourth-order valence-corrected chi connectivity index (χ4v) is 11.5. The highest BCUT2D eigenvalue weighted by Gasteiger charge is 2.63. The minimum absolute atomic E-state index is 0.0607. The van der Waals surface area contributed by atoms with Crippen LogP contribution in [-0.4, -0.2) is 12.6 Å². The number of benzene rings is 2. The van der Waals surface area contributed by atoms with Crippen molar-refractivity contribution in [3.63, 3.8) is 0 Å². The quantitative estimate of drug-likeness (QED) is 0.0588. The normalized spacial score (nSPS) is 34.9. The summed E-state index contributed by atoms with van der Waals surface area (Å²) < 4.78 is 6.17. The number of esters is 1. The number of hydrogen-bond acceptors (Lipinski definition) is 6. The van der Waals surface area contributed by atoms with Crippen LogP contribution in [0.15, 0.2) is 48.5 Å². The largest absolute Gasteiger partial charge is 0.426 e. The number of nitrogen functional groups attached to an aromatic ring is 2. The van der Waals surface area contributed by atoms with E-state index in [1.54, 1.807) is 0 Å². The van der Waals surface area contributed by atoms with Crippen LogP contribution in [0.1, 0.15) is 112 Å². The van der Waals surface area contributed by atoms with Gasteiger partial charge in [-0.1, -0.05) is 60.3 Å². The molecule has 10 atom stereocenters. The monoisotopic (exact) mass is 658 g/mol. The van der Waals surface area contributed by atoms with E-state index in [0.29, 0.717) is 58.6 Å². The van der Waals surface area contributed by atoms with Crippen molar-refractivity contribution in [2.24, 2.45) is 64.1 Å². The molecule has 264 valence electrons. The van der Waals surface area contributed by atoms with E-state index in [1.165, 1.54) is 51.4 Å². The van der Waals surface area contributed by atoms with Gasteiger partial charge in [0.15, 0.2) is 5.75 Å². The zero-order valence-corrected chi connectivity index (χ0v) is 30.3. The average molecular weight is 659 g/mol. The maximum atomic E-state index is 14.3. The van der Waals surface area contributed by atoms with Crippen LogP contribution in [-0.2, 0) is 9.68 Å². The molecule has 0 amide bonds. The average Bonchev–Trinajstić information content (AvgIpc) is 3.42. The molecule has 2 aromatic rings. The maximum Gasteiger partial charge on any atom is 0.314 e. The van der Waals surface area contributed by atoms with Crippen molar-refractivity contribution in [2.45, 2.75) is 112 Å². The second-order valence-electron chi connectivity index (χ2n) is 17.3. The van der Waals surface area contributed by atoms with E-state index in [4.69, 9.17) is 26.0 Å². The van der Waals surface area contributed by atoms with Gasteiger partial charge in [0.2, 0.25) is 0 Å². The number of rotatable bonds is 12. The lowest BCUT2D eigenvalue weighted by atomic mass is 9.42. The smallest absolute Gasteiger partial charge is 0.314 e. The van der Waals surface area contributed by atoms with Gasteiger partial charge in [-0.2, -0.15) is 4.89 Å². The van der Waals surface area contributed by atoms with Crippen LogP contribution >= 0.6 is 0 Å². The first kappa shape index (κ1) is 35.1. The molecule has 0 heterocycles. The molecule has 4 aliphatic rings. The van der Waals surface area contributed by atoms with Gasteiger partial charge in [0.05, 0.1) is 12.5 Å². The van der Waals surface area contributed by atoms with E-state index < -0.39 is 0 Å². The fourth-order valence-electron chi connectivity index (χ4n) is 11.5. The van der Waals surface area contributed by atoms with Crippen LogP contribution in [0.2, 0.25) is 0 Å². The third-order valence-electron chi connectivity index (χ3n) is 14.0. The minimum atomic E-state index is -0.121. The van der Waals surface area contributed by atoms with Crippen LogP contribution in [0.5, 0.6) is 11.5 Å². The number of hydrogen-bond donors (Lipinski definition) is 2. The molecule has 4 fully saturated rings. The zero-order valence-electron chi connectivity index (χ0n) is 30.3. The Kier molecular flexibility index (Phi) is 10.7. The molecule has 0 spiro atoms. The number of fused-ring (bicyclic) bond motifs is 5. The van der Waals surface area contributed by atoms with Crippen LogP contribution < -0.4 is 21.1 Å². The number of carbonyl (C=O) groups is 1. The molecular weight excluding hydrogens is 596 g/mol. The Bertz CT molecular complexity index is 1360. The van der Waals surface area contributed by atoms with Crippen LogP contribution in [0.3, 0.4) is 0 Å². The number of ether oxygens (including phenoxy) is 1. The maximum absolute atomic E-state index is 14.3. The highest BCUT2D eigenvalue weighted by molar-refractivity contribution is 5.76. The van der Waals surface area contributed by atoms with Gasteiger partial charge in [0.25, 0.3) is 0 Å². The molecule has 0 bridgehead atoms. The Labute approximate surface area is 290 Å². The minimum Gasteiger partial charge on any atom is -0.426 e. The molecule has 0 saturated heterocycles. The first-order valence-corrected chi connectivity index (χ1v) is 19.2. The van der Waals surface area contributed by atoms with E-state index in [0.717, 1.165) is 43.4 Å². The molecule has 0 aromatic heterocycles. The molecular formula is C42H62N2O4. The Morgan fingerprint density at radius 1 is 0.771 bits per heavy atom. The van der Waals surface area contributed by atoms with Crippen molar-refractivity contribution in [2.75, 3.05) is 18.1 Å². The Balaban J connectivity index is 1.19. The number of carbonyl (C=O) groups excluding carboxylic acids is 1. The number of anilines is 2. The molecule has 10 unspecified atom stereocenters. The highest BCUT2D eigenvalue weighted by Crippen LogP contribution is 2.69. The summed E-state index contributed by atoms with van der Waals surface area (Å²) in [6.07, 6.45) is 14.8. The molecule has 2 aromatic carbocycles. The fraction of sp³-hybridized carbons (Fsp3) is 0.690. The van der Waals surface area contributed by atoms with Gasteiger partial charge < -0.3 is 21.1 Å². The summed E-state index contributed by atoms with van der Waals surface area (Å²) in [6, 6.07) is 14.6. The van der Waals surface area contributed by atoms with Gasteiger partial charge in [-0.15, -0.1) is 0 Å². The van der Waals surface area contributed by atoms with E-state index in [2.05, 4.69) is 34.6 Å². The molecule has 6 nitrogen and oxygen atoms in total. The Hall–Kier alpha value is -2.73. The summed E-state index contributed by atoms with van der Waals surface area (Å²) in [6.45, 7) is 12.9. The van der Waals surface area contributed by atoms with Crippen molar-refractivity contribution in [1.82, 2.24) is 0 Å². The van der Waals surface area contributed by atoms with Gasteiger partial charge in [-0.05, 0) is 158 Å². The second kappa shape index (κ2) is 14.6. The Morgan fingerprint density at radius 2 is 1.40 bits per heavy atom. The molecule has 6 rings (SSSR count). The standard InChI is InChI=1S/C42H62N2O4/c1-27(2)8-6-7-9-28(3)36-18-19-37-34-25-35(40(45)47-32-14-10-30(43)11-15-32)39-24-29(26-46-48-33-16-12-31(44)13-17-33)20-22-42(39,5)38(34)21-23-41(36,37)4/h10-17,27-29,34-39H,6-9,18-26,43-44H2,1-5H3. The molecule has 0 radical (unpaired) electrons.